The number of ether oxygens (including phenoxy) is 1. The van der Waals surface area contributed by atoms with Crippen molar-refractivity contribution < 1.29 is 14.3 Å². The number of methoxy groups -OCH3 is 1. The molecule has 0 bridgehead atoms. The summed E-state index contributed by atoms with van der Waals surface area (Å²) in [5, 5.41) is 0. The van der Waals surface area contributed by atoms with Crippen LogP contribution in [0.25, 0.3) is 0 Å². The zero-order valence-electron chi connectivity index (χ0n) is 8.53. The Hall–Kier alpha value is -1.68. The Labute approximate surface area is 88.0 Å². The van der Waals surface area contributed by atoms with Crippen molar-refractivity contribution in [3.8, 4) is 0 Å². The zero-order chi connectivity index (χ0) is 11.3. The van der Waals surface area contributed by atoms with Gasteiger partial charge in [-0.05, 0) is 11.1 Å². The summed E-state index contributed by atoms with van der Waals surface area (Å²) in [7, 11) is 1.19. The first-order chi connectivity index (χ1) is 7.19. The molecular weight excluding hydrogens is 194 g/mol. The molecule has 0 spiro atoms. The Bertz CT molecular complexity index is 374. The lowest BCUT2D eigenvalue weighted by molar-refractivity contribution is -0.151. The minimum absolute atomic E-state index is 0.0417. The molecule has 15 heavy (non-hydrogen) atoms. The van der Waals surface area contributed by atoms with Gasteiger partial charge in [-0.15, -0.1) is 0 Å². The van der Waals surface area contributed by atoms with E-state index in [9.17, 15) is 9.59 Å². The number of nitrogens with two attached hydrogens (primary N) is 1. The van der Waals surface area contributed by atoms with Gasteiger partial charge in [0.2, 0.25) is 5.78 Å². The number of hydrogen-bond acceptors (Lipinski definition) is 4. The van der Waals surface area contributed by atoms with Gasteiger partial charge in [-0.3, -0.25) is 4.79 Å². The average Bonchev–Trinajstić information content (AvgIpc) is 2.28. The van der Waals surface area contributed by atoms with Gasteiger partial charge in [0.15, 0.2) is 0 Å². The van der Waals surface area contributed by atoms with Crippen molar-refractivity contribution in [2.45, 2.75) is 13.0 Å². The van der Waals surface area contributed by atoms with E-state index >= 15 is 0 Å². The van der Waals surface area contributed by atoms with E-state index in [4.69, 9.17) is 5.73 Å². The molecule has 0 fully saturated rings. The Morgan fingerprint density at radius 2 is 1.87 bits per heavy atom. The number of carbonyl (C=O) groups excluding carboxylic acids is 2. The highest BCUT2D eigenvalue weighted by molar-refractivity contribution is 6.34. The summed E-state index contributed by atoms with van der Waals surface area (Å²) in [6.45, 7) is 0.352. The first-order valence-corrected chi connectivity index (χ1v) is 4.57. The first kappa shape index (κ1) is 11.4. The minimum atomic E-state index is -0.818. The lowest BCUT2D eigenvalue weighted by Crippen LogP contribution is -2.18. The number of Topliss-reactive ketones (excluding diaryl/α,β-unsaturated/α-hetero) is 1. The average molecular weight is 207 g/mol. The Kier molecular flexibility index (Phi) is 4.00. The molecule has 4 nitrogen and oxygen atoms in total. The summed E-state index contributed by atoms with van der Waals surface area (Å²) in [4.78, 5) is 22.2. The van der Waals surface area contributed by atoms with E-state index in [1.165, 1.54) is 7.11 Å². The van der Waals surface area contributed by atoms with Crippen molar-refractivity contribution >= 4 is 11.8 Å². The number of esters is 1. The van der Waals surface area contributed by atoms with Gasteiger partial charge in [0.05, 0.1) is 7.11 Å². The smallest absolute Gasteiger partial charge is 0.374 e. The highest BCUT2D eigenvalue weighted by Gasteiger charge is 2.15. The molecule has 0 aromatic heterocycles. The second kappa shape index (κ2) is 5.26. The number of ketones is 1. The summed E-state index contributed by atoms with van der Waals surface area (Å²) in [6.07, 6.45) is 0.0417. The topological polar surface area (TPSA) is 69.4 Å². The van der Waals surface area contributed by atoms with Gasteiger partial charge in [0.1, 0.15) is 0 Å². The van der Waals surface area contributed by atoms with E-state index in [0.717, 1.165) is 11.1 Å². The highest BCUT2D eigenvalue weighted by atomic mass is 16.5. The zero-order valence-corrected chi connectivity index (χ0v) is 8.53. The Morgan fingerprint density at radius 1 is 1.27 bits per heavy atom. The third-order valence-corrected chi connectivity index (χ3v) is 2.10. The molecule has 1 rings (SSSR count). The molecule has 0 saturated carbocycles. The monoisotopic (exact) mass is 207 g/mol. The van der Waals surface area contributed by atoms with Crippen molar-refractivity contribution in [1.82, 2.24) is 0 Å². The number of hydrogen-bond donors (Lipinski definition) is 1. The number of rotatable bonds is 4. The molecule has 0 unspecified atom stereocenters. The number of carbonyl (C=O) groups is 2. The summed E-state index contributed by atoms with van der Waals surface area (Å²) < 4.78 is 4.34. The van der Waals surface area contributed by atoms with E-state index < -0.39 is 11.8 Å². The van der Waals surface area contributed by atoms with Crippen LogP contribution in [-0.2, 0) is 27.3 Å². The van der Waals surface area contributed by atoms with Crippen LogP contribution in [0.4, 0.5) is 0 Å². The van der Waals surface area contributed by atoms with Gasteiger partial charge < -0.3 is 10.5 Å². The molecule has 1 aromatic carbocycles. The normalized spacial score (nSPS) is 9.73. The summed E-state index contributed by atoms with van der Waals surface area (Å²) in [6, 6.07) is 7.26. The van der Waals surface area contributed by atoms with Crippen LogP contribution in [0.1, 0.15) is 11.1 Å². The SMILES string of the molecule is COC(=O)C(=O)Cc1ccccc1CN. The molecule has 0 saturated heterocycles. The molecule has 2 N–H and O–H groups in total. The number of benzene rings is 1. The van der Waals surface area contributed by atoms with Crippen molar-refractivity contribution in [1.29, 1.82) is 0 Å². The lowest BCUT2D eigenvalue weighted by atomic mass is 10.0. The van der Waals surface area contributed by atoms with Crippen LogP contribution in [0.2, 0.25) is 0 Å². The maximum Gasteiger partial charge on any atom is 0.374 e. The molecule has 80 valence electrons. The quantitative estimate of drug-likeness (QED) is 0.574. The van der Waals surface area contributed by atoms with Crippen LogP contribution in [0.5, 0.6) is 0 Å². The van der Waals surface area contributed by atoms with Crippen LogP contribution in [0.15, 0.2) is 24.3 Å². The molecule has 0 aliphatic carbocycles. The first-order valence-electron chi connectivity index (χ1n) is 4.57. The molecular formula is C11H13NO3. The fourth-order valence-corrected chi connectivity index (χ4v) is 1.29. The van der Waals surface area contributed by atoms with Gasteiger partial charge in [-0.25, -0.2) is 4.79 Å². The minimum Gasteiger partial charge on any atom is -0.463 e. The van der Waals surface area contributed by atoms with E-state index in [1.54, 1.807) is 12.1 Å². The van der Waals surface area contributed by atoms with Crippen LogP contribution < -0.4 is 5.73 Å². The van der Waals surface area contributed by atoms with Crippen molar-refractivity contribution in [2.75, 3.05) is 7.11 Å². The van der Waals surface area contributed by atoms with Crippen molar-refractivity contribution in [2.24, 2.45) is 5.73 Å². The maximum atomic E-state index is 11.3. The largest absolute Gasteiger partial charge is 0.463 e. The van der Waals surface area contributed by atoms with Gasteiger partial charge in [-0.2, -0.15) is 0 Å². The van der Waals surface area contributed by atoms with Crippen molar-refractivity contribution in [3.05, 3.63) is 35.4 Å². The second-order valence-electron chi connectivity index (χ2n) is 3.06. The fourth-order valence-electron chi connectivity index (χ4n) is 1.29. The van der Waals surface area contributed by atoms with Crippen LogP contribution in [0.3, 0.4) is 0 Å². The lowest BCUT2D eigenvalue weighted by Gasteiger charge is -2.05. The maximum absolute atomic E-state index is 11.3. The van der Waals surface area contributed by atoms with Gasteiger partial charge >= 0.3 is 5.97 Å². The Morgan fingerprint density at radius 3 is 2.40 bits per heavy atom. The molecule has 0 aliphatic heterocycles. The van der Waals surface area contributed by atoms with Crippen LogP contribution in [-0.4, -0.2) is 18.9 Å². The summed E-state index contributed by atoms with van der Waals surface area (Å²) in [5.74, 6) is -1.37. The molecule has 0 heterocycles. The summed E-state index contributed by atoms with van der Waals surface area (Å²) >= 11 is 0. The summed E-state index contributed by atoms with van der Waals surface area (Å²) in [5.41, 5.74) is 7.15. The van der Waals surface area contributed by atoms with E-state index in [2.05, 4.69) is 4.74 Å². The van der Waals surface area contributed by atoms with Crippen LogP contribution in [0, 0.1) is 0 Å². The predicted molar refractivity (Wildman–Crippen MR) is 55.1 cm³/mol. The molecule has 0 amide bonds. The third kappa shape index (κ3) is 2.89. The third-order valence-electron chi connectivity index (χ3n) is 2.10. The second-order valence-corrected chi connectivity index (χ2v) is 3.06. The van der Waals surface area contributed by atoms with Gasteiger partial charge in [0.25, 0.3) is 0 Å². The highest BCUT2D eigenvalue weighted by Crippen LogP contribution is 2.09. The van der Waals surface area contributed by atoms with E-state index in [1.807, 2.05) is 12.1 Å². The predicted octanol–water partition coefficient (Wildman–Crippen LogP) is 0.430. The van der Waals surface area contributed by atoms with E-state index in [0.29, 0.717) is 6.54 Å². The standard InChI is InChI=1S/C11H13NO3/c1-15-11(14)10(13)6-8-4-2-3-5-9(8)7-12/h2-5H,6-7,12H2,1H3. The molecule has 1 aromatic rings. The fraction of sp³-hybridized carbons (Fsp3) is 0.273. The van der Waals surface area contributed by atoms with Crippen LogP contribution >= 0.6 is 0 Å². The van der Waals surface area contributed by atoms with Gasteiger partial charge in [0, 0.05) is 13.0 Å². The van der Waals surface area contributed by atoms with Crippen molar-refractivity contribution in [3.63, 3.8) is 0 Å². The molecule has 0 atom stereocenters. The van der Waals surface area contributed by atoms with Gasteiger partial charge in [-0.1, -0.05) is 24.3 Å². The molecule has 0 aliphatic rings. The molecule has 0 radical (unpaired) electrons. The van der Waals surface area contributed by atoms with E-state index in [-0.39, 0.29) is 6.42 Å². The molecule has 4 heteroatoms. The Balaban J connectivity index is 2.80.